The van der Waals surface area contributed by atoms with E-state index in [1.807, 2.05) is 48.5 Å². The van der Waals surface area contributed by atoms with Gasteiger partial charge in [-0.25, -0.2) is 4.98 Å². The lowest BCUT2D eigenvalue weighted by Crippen LogP contribution is -2.31. The summed E-state index contributed by atoms with van der Waals surface area (Å²) in [7, 11) is 4.22. The topological polar surface area (TPSA) is 69.7 Å². The molecule has 2 heterocycles. The van der Waals surface area contributed by atoms with Gasteiger partial charge >= 0.3 is 0 Å². The predicted molar refractivity (Wildman–Crippen MR) is 134 cm³/mol. The zero-order valence-corrected chi connectivity index (χ0v) is 19.5. The van der Waals surface area contributed by atoms with E-state index in [4.69, 9.17) is 16.3 Å². The SMILES string of the molecule is CN(C)[C@@H]1CCN(c2ccc(NC(=O)CNc3ccc(Oc4ccc(Cl)cc4)cc3)cn2)C1. The van der Waals surface area contributed by atoms with Gasteiger partial charge in [0.2, 0.25) is 5.91 Å². The van der Waals surface area contributed by atoms with Gasteiger partial charge in [0.1, 0.15) is 17.3 Å². The molecule has 1 amide bonds. The van der Waals surface area contributed by atoms with Crippen LogP contribution in [-0.2, 0) is 4.79 Å². The molecular weight excluding hydrogens is 438 g/mol. The maximum atomic E-state index is 12.3. The van der Waals surface area contributed by atoms with Gasteiger partial charge < -0.3 is 25.2 Å². The first-order valence-electron chi connectivity index (χ1n) is 10.9. The Balaban J connectivity index is 1.23. The normalized spacial score (nSPS) is 15.5. The molecule has 1 atom stereocenters. The minimum Gasteiger partial charge on any atom is -0.457 e. The smallest absolute Gasteiger partial charge is 0.243 e. The number of aromatic nitrogens is 1. The molecule has 4 rings (SSSR count). The maximum Gasteiger partial charge on any atom is 0.243 e. The fourth-order valence-corrected chi connectivity index (χ4v) is 3.81. The molecule has 3 aromatic rings. The summed E-state index contributed by atoms with van der Waals surface area (Å²) in [5.74, 6) is 2.21. The maximum absolute atomic E-state index is 12.3. The van der Waals surface area contributed by atoms with Crippen LogP contribution in [0.3, 0.4) is 0 Å². The largest absolute Gasteiger partial charge is 0.457 e. The number of likely N-dealkylation sites (N-methyl/N-ethyl adjacent to an activating group) is 1. The molecule has 1 saturated heterocycles. The summed E-state index contributed by atoms with van der Waals surface area (Å²) in [4.78, 5) is 21.4. The van der Waals surface area contributed by atoms with Gasteiger partial charge in [-0.15, -0.1) is 0 Å². The molecule has 0 radical (unpaired) electrons. The Morgan fingerprint density at radius 1 is 1.06 bits per heavy atom. The van der Waals surface area contributed by atoms with Crippen LogP contribution < -0.4 is 20.3 Å². The van der Waals surface area contributed by atoms with Crippen molar-refractivity contribution in [3.63, 3.8) is 0 Å². The zero-order valence-electron chi connectivity index (χ0n) is 18.8. The molecule has 1 aliphatic rings. The lowest BCUT2D eigenvalue weighted by molar-refractivity contribution is -0.114. The Labute approximate surface area is 199 Å². The van der Waals surface area contributed by atoms with Crippen LogP contribution in [0.2, 0.25) is 5.02 Å². The fourth-order valence-electron chi connectivity index (χ4n) is 3.69. The molecule has 33 heavy (non-hydrogen) atoms. The quantitative estimate of drug-likeness (QED) is 0.501. The van der Waals surface area contributed by atoms with Gasteiger partial charge in [-0.2, -0.15) is 0 Å². The molecule has 0 unspecified atom stereocenters. The number of benzene rings is 2. The summed E-state index contributed by atoms with van der Waals surface area (Å²) >= 11 is 5.89. The number of anilines is 3. The van der Waals surface area contributed by atoms with E-state index in [9.17, 15) is 4.79 Å². The molecule has 0 saturated carbocycles. The summed E-state index contributed by atoms with van der Waals surface area (Å²) in [5, 5.41) is 6.66. The number of halogens is 1. The highest BCUT2D eigenvalue weighted by Gasteiger charge is 2.24. The van der Waals surface area contributed by atoms with E-state index >= 15 is 0 Å². The number of pyridine rings is 1. The van der Waals surface area contributed by atoms with Crippen LogP contribution in [0.5, 0.6) is 11.5 Å². The molecule has 172 valence electrons. The van der Waals surface area contributed by atoms with Crippen LogP contribution in [-0.4, -0.2) is 55.6 Å². The number of hydrogen-bond acceptors (Lipinski definition) is 6. The van der Waals surface area contributed by atoms with Crippen LogP contribution in [0.25, 0.3) is 0 Å². The summed E-state index contributed by atoms with van der Waals surface area (Å²) in [5.41, 5.74) is 1.51. The Morgan fingerprint density at radius 2 is 1.73 bits per heavy atom. The van der Waals surface area contributed by atoms with Gasteiger partial charge in [0.05, 0.1) is 18.4 Å². The third kappa shape index (κ3) is 6.37. The number of nitrogens with one attached hydrogen (secondary N) is 2. The predicted octanol–water partition coefficient (Wildman–Crippen LogP) is 4.72. The van der Waals surface area contributed by atoms with E-state index < -0.39 is 0 Å². The Morgan fingerprint density at radius 3 is 2.33 bits per heavy atom. The van der Waals surface area contributed by atoms with Crippen LogP contribution in [0.15, 0.2) is 66.9 Å². The first-order valence-corrected chi connectivity index (χ1v) is 11.3. The zero-order chi connectivity index (χ0) is 23.2. The molecule has 0 aliphatic carbocycles. The van der Waals surface area contributed by atoms with Crippen molar-refractivity contribution in [2.75, 3.05) is 49.3 Å². The van der Waals surface area contributed by atoms with Crippen LogP contribution in [0.4, 0.5) is 17.2 Å². The van der Waals surface area contributed by atoms with Gasteiger partial charge in [0.15, 0.2) is 0 Å². The third-order valence-electron chi connectivity index (χ3n) is 5.61. The van der Waals surface area contributed by atoms with Crippen LogP contribution in [0, 0.1) is 0 Å². The van der Waals surface area contributed by atoms with Crippen molar-refractivity contribution >= 4 is 34.7 Å². The Hall–Kier alpha value is -3.29. The molecule has 2 aromatic carbocycles. The number of rotatable bonds is 8. The van der Waals surface area contributed by atoms with Gasteiger partial charge in [-0.1, -0.05) is 11.6 Å². The van der Waals surface area contributed by atoms with E-state index in [1.165, 1.54) is 0 Å². The molecule has 0 bridgehead atoms. The van der Waals surface area contributed by atoms with Crippen LogP contribution in [0.1, 0.15) is 6.42 Å². The highest BCUT2D eigenvalue weighted by Crippen LogP contribution is 2.24. The second kappa shape index (κ2) is 10.6. The monoisotopic (exact) mass is 465 g/mol. The number of carbonyl (C=O) groups is 1. The van der Waals surface area contributed by atoms with Crippen molar-refractivity contribution in [2.24, 2.45) is 0 Å². The Bertz CT molecular complexity index is 1060. The molecule has 1 fully saturated rings. The molecule has 1 aliphatic heterocycles. The first kappa shape index (κ1) is 22.9. The summed E-state index contributed by atoms with van der Waals surface area (Å²) < 4.78 is 5.78. The number of hydrogen-bond donors (Lipinski definition) is 2. The van der Waals surface area contributed by atoms with E-state index in [0.29, 0.717) is 28.3 Å². The third-order valence-corrected chi connectivity index (χ3v) is 5.86. The number of carbonyl (C=O) groups excluding carboxylic acids is 1. The molecule has 7 nitrogen and oxygen atoms in total. The summed E-state index contributed by atoms with van der Waals surface area (Å²) in [6.07, 6.45) is 2.84. The number of ether oxygens (including phenoxy) is 1. The highest BCUT2D eigenvalue weighted by molar-refractivity contribution is 6.30. The first-order chi connectivity index (χ1) is 16.0. The van der Waals surface area contributed by atoms with Gasteiger partial charge in [-0.05, 0) is 81.2 Å². The molecule has 1 aromatic heterocycles. The van der Waals surface area contributed by atoms with Gasteiger partial charge in [0, 0.05) is 29.8 Å². The number of nitrogens with zero attached hydrogens (tertiary/aromatic N) is 3. The minimum absolute atomic E-state index is 0.139. The van der Waals surface area contributed by atoms with Crippen molar-refractivity contribution < 1.29 is 9.53 Å². The van der Waals surface area contributed by atoms with Gasteiger partial charge in [-0.3, -0.25) is 4.79 Å². The average molecular weight is 466 g/mol. The highest BCUT2D eigenvalue weighted by atomic mass is 35.5. The second-order valence-electron chi connectivity index (χ2n) is 8.24. The van der Waals surface area contributed by atoms with Crippen molar-refractivity contribution in [1.29, 1.82) is 0 Å². The van der Waals surface area contributed by atoms with Crippen molar-refractivity contribution in [3.8, 4) is 11.5 Å². The Kier molecular flexibility index (Phi) is 7.32. The molecular formula is C25H28ClN5O2. The molecule has 2 N–H and O–H groups in total. The van der Waals surface area contributed by atoms with E-state index in [1.54, 1.807) is 18.3 Å². The fraction of sp³-hybridized carbons (Fsp3) is 0.280. The van der Waals surface area contributed by atoms with Crippen molar-refractivity contribution in [3.05, 3.63) is 71.9 Å². The molecule has 0 spiro atoms. The second-order valence-corrected chi connectivity index (χ2v) is 8.68. The van der Waals surface area contributed by atoms with Crippen molar-refractivity contribution in [2.45, 2.75) is 12.5 Å². The number of amides is 1. The van der Waals surface area contributed by atoms with E-state index in [0.717, 1.165) is 31.0 Å². The summed E-state index contributed by atoms with van der Waals surface area (Å²) in [6.45, 7) is 2.12. The lowest BCUT2D eigenvalue weighted by atomic mass is 10.2. The van der Waals surface area contributed by atoms with E-state index in [2.05, 4.69) is 39.5 Å². The average Bonchev–Trinajstić information content (AvgIpc) is 3.31. The molecule has 8 heteroatoms. The van der Waals surface area contributed by atoms with Crippen LogP contribution >= 0.6 is 11.6 Å². The van der Waals surface area contributed by atoms with Gasteiger partial charge in [0.25, 0.3) is 0 Å². The standard InChI is InChI=1S/C25H28ClN5O2/c1-30(2)21-13-14-31(17-21)24-12-7-20(15-28-24)29-25(32)16-27-19-5-10-23(11-6-19)33-22-8-3-18(26)4-9-22/h3-12,15,21,27H,13-14,16-17H2,1-2H3,(H,29,32)/t21-/m1/s1. The van der Waals surface area contributed by atoms with E-state index in [-0.39, 0.29) is 12.5 Å². The summed E-state index contributed by atoms with van der Waals surface area (Å²) in [6, 6.07) is 19.0. The van der Waals surface area contributed by atoms with Crippen molar-refractivity contribution in [1.82, 2.24) is 9.88 Å². The minimum atomic E-state index is -0.139. The lowest BCUT2D eigenvalue weighted by Gasteiger charge is -2.21.